The molecule has 0 heterocycles. The van der Waals surface area contributed by atoms with Gasteiger partial charge in [-0.1, -0.05) is 11.6 Å². The van der Waals surface area contributed by atoms with Crippen molar-refractivity contribution in [3.8, 4) is 0 Å². The Morgan fingerprint density at radius 3 is 2.65 bits per heavy atom. The van der Waals surface area contributed by atoms with Gasteiger partial charge in [0, 0.05) is 20.7 Å². The van der Waals surface area contributed by atoms with Gasteiger partial charge in [0.05, 0.1) is 22.6 Å². The third-order valence-electron chi connectivity index (χ3n) is 4.23. The van der Waals surface area contributed by atoms with Gasteiger partial charge in [0.2, 0.25) is 0 Å². The van der Waals surface area contributed by atoms with Crippen LogP contribution >= 0.6 is 11.6 Å². The van der Waals surface area contributed by atoms with Crippen molar-refractivity contribution in [1.82, 2.24) is 4.90 Å². The number of hydrogen-bond acceptors (Lipinski definition) is 2. The number of rotatable bonds is 5. The molecule has 1 aromatic rings. The van der Waals surface area contributed by atoms with E-state index < -0.39 is 0 Å². The number of nitrogens with zero attached hydrogens (tertiary/aromatic N) is 2. The third kappa shape index (κ3) is 2.84. The fourth-order valence-electron chi connectivity index (χ4n) is 2.58. The van der Waals surface area contributed by atoms with E-state index in [1.54, 1.807) is 7.11 Å². The first-order valence-corrected chi connectivity index (χ1v) is 7.50. The second-order valence-corrected chi connectivity index (χ2v) is 5.90. The lowest BCUT2D eigenvalue weighted by atomic mass is 9.73. The molecule has 0 spiro atoms. The maximum absolute atomic E-state index is 6.38. The second-order valence-electron chi connectivity index (χ2n) is 5.49. The summed E-state index contributed by atoms with van der Waals surface area (Å²) in [6.45, 7) is 5.11. The van der Waals surface area contributed by atoms with Gasteiger partial charge in [-0.25, -0.2) is 4.99 Å². The van der Waals surface area contributed by atoms with Gasteiger partial charge in [-0.05, 0) is 56.4 Å². The van der Waals surface area contributed by atoms with Crippen LogP contribution < -0.4 is 0 Å². The van der Waals surface area contributed by atoms with Gasteiger partial charge in [-0.2, -0.15) is 0 Å². The van der Waals surface area contributed by atoms with Crippen LogP contribution in [0.25, 0.3) is 0 Å². The third-order valence-corrected chi connectivity index (χ3v) is 4.53. The minimum Gasteiger partial charge on any atom is -0.374 e. The van der Waals surface area contributed by atoms with E-state index in [1.165, 1.54) is 17.5 Å². The quantitative estimate of drug-likeness (QED) is 0.598. The zero-order valence-electron chi connectivity index (χ0n) is 12.7. The van der Waals surface area contributed by atoms with Crippen molar-refractivity contribution in [3.05, 3.63) is 28.3 Å². The number of aryl methyl sites for hydroxylation is 1. The van der Waals surface area contributed by atoms with Gasteiger partial charge in [0.15, 0.2) is 0 Å². The lowest BCUT2D eigenvalue weighted by Gasteiger charge is -2.42. The van der Waals surface area contributed by atoms with E-state index in [9.17, 15) is 0 Å². The van der Waals surface area contributed by atoms with E-state index in [0.717, 1.165) is 25.1 Å². The average Bonchev–Trinajstić information content (AvgIpc) is 2.39. The van der Waals surface area contributed by atoms with Gasteiger partial charge < -0.3 is 9.64 Å². The molecule has 0 N–H and O–H groups in total. The van der Waals surface area contributed by atoms with Crippen LogP contribution in [0.4, 0.5) is 5.69 Å². The highest BCUT2D eigenvalue weighted by Crippen LogP contribution is 2.47. The molecule has 110 valence electrons. The second kappa shape index (κ2) is 6.15. The fraction of sp³-hybridized carbons (Fsp3) is 0.562. The Bertz CT molecular complexity index is 504. The molecule has 1 fully saturated rings. The number of ether oxygens (including phenoxy) is 1. The summed E-state index contributed by atoms with van der Waals surface area (Å²) in [5, 5.41) is 0.690. The minimum absolute atomic E-state index is 0.129. The molecular weight excluding hydrogens is 272 g/mol. The summed E-state index contributed by atoms with van der Waals surface area (Å²) in [4.78, 5) is 6.47. The Hall–Kier alpha value is -1.06. The van der Waals surface area contributed by atoms with Crippen LogP contribution in [0.15, 0.2) is 17.1 Å². The predicted molar refractivity (Wildman–Crippen MR) is 85.2 cm³/mol. The Balaban J connectivity index is 2.31. The molecule has 0 atom stereocenters. The number of methoxy groups -OCH3 is 1. The lowest BCUT2D eigenvalue weighted by molar-refractivity contribution is -0.0782. The molecule has 0 amide bonds. The molecule has 20 heavy (non-hydrogen) atoms. The number of aliphatic imine (C=N–C) groups is 1. The van der Waals surface area contributed by atoms with Crippen LogP contribution in [0.1, 0.15) is 37.3 Å². The van der Waals surface area contributed by atoms with Crippen molar-refractivity contribution < 1.29 is 4.74 Å². The zero-order valence-corrected chi connectivity index (χ0v) is 13.5. The van der Waals surface area contributed by atoms with E-state index in [-0.39, 0.29) is 5.60 Å². The van der Waals surface area contributed by atoms with E-state index >= 15 is 0 Å². The first-order valence-electron chi connectivity index (χ1n) is 7.12. The van der Waals surface area contributed by atoms with Crippen LogP contribution in [0.3, 0.4) is 0 Å². The summed E-state index contributed by atoms with van der Waals surface area (Å²) in [6.07, 6.45) is 5.17. The van der Waals surface area contributed by atoms with E-state index in [0.29, 0.717) is 5.02 Å². The minimum atomic E-state index is -0.129. The smallest absolute Gasteiger partial charge is 0.0930 e. The van der Waals surface area contributed by atoms with E-state index in [2.05, 4.69) is 24.9 Å². The van der Waals surface area contributed by atoms with Gasteiger partial charge in [-0.3, -0.25) is 0 Å². The van der Waals surface area contributed by atoms with Crippen LogP contribution in [-0.2, 0) is 10.3 Å². The maximum atomic E-state index is 6.38. The highest BCUT2D eigenvalue weighted by atomic mass is 35.5. The SMILES string of the molecule is CCN(C)C=Nc1cc(C)c(C2(OC)CCC2)cc1Cl. The van der Waals surface area contributed by atoms with E-state index in [1.807, 2.05) is 24.4 Å². The molecule has 0 saturated heterocycles. The molecule has 1 aromatic carbocycles. The topological polar surface area (TPSA) is 24.8 Å². The van der Waals surface area contributed by atoms with Crippen molar-refractivity contribution >= 4 is 23.6 Å². The number of benzene rings is 1. The molecule has 0 aromatic heterocycles. The zero-order chi connectivity index (χ0) is 14.8. The van der Waals surface area contributed by atoms with Gasteiger partial charge in [0.25, 0.3) is 0 Å². The number of halogens is 1. The van der Waals surface area contributed by atoms with Crippen LogP contribution in [0.5, 0.6) is 0 Å². The normalized spacial score (nSPS) is 17.2. The Kier molecular flexibility index (Phi) is 4.71. The average molecular weight is 295 g/mol. The Labute approximate surface area is 126 Å². The predicted octanol–water partition coefficient (Wildman–Crippen LogP) is 4.29. The molecule has 1 saturated carbocycles. The summed E-state index contributed by atoms with van der Waals surface area (Å²) in [5.74, 6) is 0. The summed E-state index contributed by atoms with van der Waals surface area (Å²) >= 11 is 6.38. The van der Waals surface area contributed by atoms with Crippen LogP contribution in [0.2, 0.25) is 5.02 Å². The van der Waals surface area contributed by atoms with E-state index in [4.69, 9.17) is 16.3 Å². The first kappa shape index (κ1) is 15.3. The molecule has 0 unspecified atom stereocenters. The lowest BCUT2D eigenvalue weighted by Crippen LogP contribution is -2.36. The number of hydrogen-bond donors (Lipinski definition) is 0. The molecule has 0 aliphatic heterocycles. The highest BCUT2D eigenvalue weighted by Gasteiger charge is 2.40. The largest absolute Gasteiger partial charge is 0.374 e. The fourth-order valence-corrected chi connectivity index (χ4v) is 2.79. The van der Waals surface area contributed by atoms with Gasteiger partial charge >= 0.3 is 0 Å². The van der Waals surface area contributed by atoms with Crippen molar-refractivity contribution in [1.29, 1.82) is 0 Å². The molecule has 2 rings (SSSR count). The molecule has 4 heteroatoms. The van der Waals surface area contributed by atoms with Crippen molar-refractivity contribution in [2.24, 2.45) is 4.99 Å². The van der Waals surface area contributed by atoms with Crippen molar-refractivity contribution in [2.75, 3.05) is 20.7 Å². The Morgan fingerprint density at radius 1 is 1.45 bits per heavy atom. The molecule has 3 nitrogen and oxygen atoms in total. The maximum Gasteiger partial charge on any atom is 0.0930 e. The summed E-state index contributed by atoms with van der Waals surface area (Å²) < 4.78 is 5.75. The standard InChI is InChI=1S/C16H23ClN2O/c1-5-19(3)11-18-15-9-12(2)13(10-14(15)17)16(20-4)7-6-8-16/h9-11H,5-8H2,1-4H3. The van der Waals surface area contributed by atoms with Crippen LogP contribution in [-0.4, -0.2) is 31.9 Å². The monoisotopic (exact) mass is 294 g/mol. The highest BCUT2D eigenvalue weighted by molar-refractivity contribution is 6.33. The Morgan fingerprint density at radius 2 is 2.15 bits per heavy atom. The molecular formula is C16H23ClN2O. The van der Waals surface area contributed by atoms with Crippen LogP contribution in [0, 0.1) is 6.92 Å². The van der Waals surface area contributed by atoms with Gasteiger partial charge in [0.1, 0.15) is 0 Å². The molecule has 0 radical (unpaired) electrons. The summed E-state index contributed by atoms with van der Waals surface area (Å²) in [5.41, 5.74) is 3.09. The summed E-state index contributed by atoms with van der Waals surface area (Å²) in [6, 6.07) is 4.08. The molecule has 0 bridgehead atoms. The van der Waals surface area contributed by atoms with Crippen molar-refractivity contribution in [3.63, 3.8) is 0 Å². The summed E-state index contributed by atoms with van der Waals surface area (Å²) in [7, 11) is 3.78. The first-order chi connectivity index (χ1) is 9.52. The molecule has 1 aliphatic rings. The molecule has 1 aliphatic carbocycles. The van der Waals surface area contributed by atoms with Crippen molar-refractivity contribution in [2.45, 2.75) is 38.7 Å². The van der Waals surface area contributed by atoms with Gasteiger partial charge in [-0.15, -0.1) is 0 Å².